The highest BCUT2D eigenvalue weighted by atomic mass is 32.1. The Morgan fingerprint density at radius 3 is 2.56 bits per heavy atom. The van der Waals surface area contributed by atoms with Crippen LogP contribution in [0.15, 0.2) is 48.5 Å². The Morgan fingerprint density at radius 2 is 1.90 bits per heavy atom. The molecule has 0 bridgehead atoms. The van der Waals surface area contributed by atoms with Crippen LogP contribution >= 0.6 is 11.3 Å². The molecule has 250 valence electrons. The smallest absolute Gasteiger partial charge is 0.417 e. The van der Waals surface area contributed by atoms with Gasteiger partial charge in [0, 0.05) is 42.5 Å². The Bertz CT molecular complexity index is 2020. The van der Waals surface area contributed by atoms with Crippen LogP contribution in [0.3, 0.4) is 0 Å². The number of nitrogen functional groups attached to an aromatic ring is 1. The van der Waals surface area contributed by atoms with Crippen LogP contribution in [-0.4, -0.2) is 54.3 Å². The Hall–Kier alpha value is -4.61. The van der Waals surface area contributed by atoms with Crippen LogP contribution in [0.4, 0.5) is 37.2 Å². The van der Waals surface area contributed by atoms with Gasteiger partial charge >= 0.3 is 12.2 Å². The molecule has 0 aliphatic carbocycles. The number of halogens is 6. The molecule has 2 saturated heterocycles. The van der Waals surface area contributed by atoms with Crippen molar-refractivity contribution in [1.29, 1.82) is 5.26 Å². The van der Waals surface area contributed by atoms with E-state index in [-0.39, 0.29) is 50.0 Å². The number of anilines is 2. The van der Waals surface area contributed by atoms with E-state index in [1.165, 1.54) is 20.0 Å². The number of benzene rings is 3. The molecule has 2 atom stereocenters. The van der Waals surface area contributed by atoms with Gasteiger partial charge in [-0.2, -0.15) is 28.4 Å². The lowest BCUT2D eigenvalue weighted by atomic mass is 9.92. The first-order valence-corrected chi connectivity index (χ1v) is 15.9. The maximum Gasteiger partial charge on any atom is 0.417 e. The number of fused-ring (bicyclic) bond motifs is 3. The summed E-state index contributed by atoms with van der Waals surface area (Å²) in [5, 5.41) is 9.12. The molecule has 4 heterocycles. The summed E-state index contributed by atoms with van der Waals surface area (Å²) in [4.78, 5) is 12.1. The monoisotopic (exact) mass is 684 g/mol. The fraction of sp³-hybridized carbons (Fsp3) is 0.324. The van der Waals surface area contributed by atoms with Crippen molar-refractivity contribution in [3.05, 3.63) is 76.9 Å². The maximum atomic E-state index is 16.3. The maximum absolute atomic E-state index is 16.3. The third-order valence-corrected chi connectivity index (χ3v) is 9.69. The van der Waals surface area contributed by atoms with E-state index in [1.54, 1.807) is 18.0 Å². The summed E-state index contributed by atoms with van der Waals surface area (Å²) < 4.78 is 92.1. The Morgan fingerprint density at radius 1 is 1.15 bits per heavy atom. The molecule has 2 fully saturated rings. The number of aromatic nitrogens is 2. The highest BCUT2D eigenvalue weighted by Gasteiger charge is 2.38. The quantitative estimate of drug-likeness (QED) is 0.187. The number of rotatable bonds is 5. The number of alkyl halides is 4. The molecule has 2 aromatic heterocycles. The second kappa shape index (κ2) is 13.1. The normalized spacial score (nSPS) is 17.6. The number of hydrogen-bond acceptors (Lipinski definition) is 8. The predicted molar refractivity (Wildman–Crippen MR) is 174 cm³/mol. The van der Waals surface area contributed by atoms with Crippen LogP contribution in [0.2, 0.25) is 0 Å². The van der Waals surface area contributed by atoms with Crippen LogP contribution in [-0.2, 0) is 12.7 Å². The van der Waals surface area contributed by atoms with Gasteiger partial charge in [-0.05, 0) is 49.1 Å². The van der Waals surface area contributed by atoms with Gasteiger partial charge in [0.15, 0.2) is 5.82 Å². The number of nitrogens with zero attached hydrogens (tertiary/aromatic N) is 5. The summed E-state index contributed by atoms with van der Waals surface area (Å²) in [6.07, 6.45) is -2.22. The van der Waals surface area contributed by atoms with Crippen LogP contribution in [0, 0.1) is 23.0 Å². The lowest BCUT2D eigenvalue weighted by molar-refractivity contribution is -0.137. The van der Waals surface area contributed by atoms with Crippen molar-refractivity contribution < 1.29 is 31.1 Å². The van der Waals surface area contributed by atoms with Gasteiger partial charge in [-0.25, -0.2) is 13.2 Å². The van der Waals surface area contributed by atoms with E-state index < -0.39 is 40.6 Å². The molecule has 2 aliphatic rings. The molecule has 2 N–H and O–H groups in total. The van der Waals surface area contributed by atoms with E-state index in [4.69, 9.17) is 10.5 Å². The summed E-state index contributed by atoms with van der Waals surface area (Å²) in [5.74, 6) is -2.11. The van der Waals surface area contributed by atoms with Crippen molar-refractivity contribution in [3.63, 3.8) is 0 Å². The number of methoxy groups -OCH3 is 1. The molecule has 0 amide bonds. The molecule has 0 saturated carbocycles. The zero-order valence-corrected chi connectivity index (χ0v) is 26.7. The fourth-order valence-electron chi connectivity index (χ4n) is 6.53. The second-order valence-corrected chi connectivity index (χ2v) is 12.8. The third-order valence-electron chi connectivity index (χ3n) is 8.66. The Labute approximate surface area is 276 Å². The van der Waals surface area contributed by atoms with Gasteiger partial charge in [0.05, 0.1) is 22.9 Å². The first-order chi connectivity index (χ1) is 22.9. The zero-order valence-electron chi connectivity index (χ0n) is 25.9. The number of thiophene rings is 1. The van der Waals surface area contributed by atoms with E-state index in [9.17, 15) is 27.2 Å². The van der Waals surface area contributed by atoms with Gasteiger partial charge in [0.25, 0.3) is 0 Å². The third kappa shape index (κ3) is 6.20. The number of nitrogens with two attached hydrogens (primary N) is 1. The number of ether oxygens (including phenoxy) is 1. The number of nitriles is 1. The summed E-state index contributed by atoms with van der Waals surface area (Å²) in [6, 6.07) is 13.9. The van der Waals surface area contributed by atoms with Gasteiger partial charge in [0.2, 0.25) is 0 Å². The molecule has 3 aromatic carbocycles. The first kappa shape index (κ1) is 33.3. The summed E-state index contributed by atoms with van der Waals surface area (Å²) in [5.41, 5.74) is 3.48. The molecule has 14 heteroatoms. The minimum atomic E-state index is -5.03. The van der Waals surface area contributed by atoms with Gasteiger partial charge in [0.1, 0.15) is 34.4 Å². The zero-order chi connectivity index (χ0) is 34.3. The summed E-state index contributed by atoms with van der Waals surface area (Å²) in [6.45, 7) is 2.11. The van der Waals surface area contributed by atoms with Gasteiger partial charge in [-0.3, -0.25) is 4.90 Å². The van der Waals surface area contributed by atoms with Crippen molar-refractivity contribution >= 4 is 43.1 Å². The van der Waals surface area contributed by atoms with E-state index in [2.05, 4.69) is 14.9 Å². The highest BCUT2D eigenvalue weighted by molar-refractivity contribution is 7.23. The lowest BCUT2D eigenvalue weighted by Crippen LogP contribution is -2.22. The SMILES string of the molecule is COc1nc(N(C)Cc2ccccc2)c2cc(C(F)(F)F)c(-c3ccc(F)c4sc(N)c(C#N)c34)c(F)c2n1.FC1CC2CCCN2C1. The van der Waals surface area contributed by atoms with Gasteiger partial charge in [-0.1, -0.05) is 36.4 Å². The molecule has 0 spiro atoms. The molecule has 0 radical (unpaired) electrons. The highest BCUT2D eigenvalue weighted by Crippen LogP contribution is 2.48. The van der Waals surface area contributed by atoms with Crippen LogP contribution in [0.5, 0.6) is 6.01 Å². The lowest BCUT2D eigenvalue weighted by Gasteiger charge is -2.23. The van der Waals surface area contributed by atoms with Crippen molar-refractivity contribution in [3.8, 4) is 23.2 Å². The largest absolute Gasteiger partial charge is 0.467 e. The molecule has 2 aliphatic heterocycles. The summed E-state index contributed by atoms with van der Waals surface area (Å²) >= 11 is 0.699. The molecule has 48 heavy (non-hydrogen) atoms. The predicted octanol–water partition coefficient (Wildman–Crippen LogP) is 8.10. The summed E-state index contributed by atoms with van der Waals surface area (Å²) in [7, 11) is 2.85. The van der Waals surface area contributed by atoms with Gasteiger partial charge < -0.3 is 15.4 Å². The van der Waals surface area contributed by atoms with E-state index >= 15 is 4.39 Å². The average Bonchev–Trinajstić information content (AvgIpc) is 3.74. The van der Waals surface area contributed by atoms with E-state index in [0.717, 1.165) is 36.7 Å². The van der Waals surface area contributed by atoms with Crippen LogP contribution in [0.1, 0.15) is 36.0 Å². The average molecular weight is 685 g/mol. The van der Waals surface area contributed by atoms with Crippen molar-refractivity contribution in [2.24, 2.45) is 0 Å². The molecule has 5 aromatic rings. The minimum absolute atomic E-state index is 0.0124. The first-order valence-electron chi connectivity index (χ1n) is 15.1. The Balaban J connectivity index is 0.000000381. The van der Waals surface area contributed by atoms with E-state index in [1.807, 2.05) is 30.3 Å². The minimum Gasteiger partial charge on any atom is -0.467 e. The molecular weight excluding hydrogens is 654 g/mol. The van der Waals surface area contributed by atoms with Crippen molar-refractivity contribution in [2.75, 3.05) is 37.9 Å². The van der Waals surface area contributed by atoms with Gasteiger partial charge in [-0.15, -0.1) is 11.3 Å². The molecule has 7 nitrogen and oxygen atoms in total. The fourth-order valence-corrected chi connectivity index (χ4v) is 7.48. The Kier molecular flexibility index (Phi) is 9.10. The molecule has 2 unspecified atom stereocenters. The van der Waals surface area contributed by atoms with Crippen LogP contribution < -0.4 is 15.4 Å². The molecular formula is C34H30F6N6OS. The number of hydrogen-bond donors (Lipinski definition) is 1. The van der Waals surface area contributed by atoms with Crippen molar-refractivity contribution in [1.82, 2.24) is 14.9 Å². The van der Waals surface area contributed by atoms with Crippen LogP contribution in [0.25, 0.3) is 32.1 Å². The van der Waals surface area contributed by atoms with Crippen molar-refractivity contribution in [2.45, 2.75) is 44.2 Å². The topological polar surface area (TPSA) is 91.3 Å². The van der Waals surface area contributed by atoms with E-state index in [0.29, 0.717) is 23.9 Å². The molecule has 7 rings (SSSR count). The standard InChI is InChI=1S/C27H18F5N5OS.C7H12FN/c1-37(12-13-6-4-3-5-7-13)25-15-10-17(27(30,31)32)20(21(29)22(15)35-26(36-25)38-2)14-8-9-18(28)23-19(14)16(11-33)24(34)39-23;8-6-4-7-2-1-3-9(7)5-6/h3-10H,12,34H2,1-2H3;6-7H,1-5H2. The second-order valence-electron chi connectivity index (χ2n) is 11.8.